The lowest BCUT2D eigenvalue weighted by molar-refractivity contribution is -0.137. The number of carbonyl (C=O) groups excluding carboxylic acids is 1. The van der Waals surface area contributed by atoms with Gasteiger partial charge in [-0.15, -0.1) is 0 Å². The predicted molar refractivity (Wildman–Crippen MR) is 88.5 cm³/mol. The van der Waals surface area contributed by atoms with E-state index in [4.69, 9.17) is 11.3 Å². The van der Waals surface area contributed by atoms with E-state index in [2.05, 4.69) is 16.1 Å². The fourth-order valence-electron chi connectivity index (χ4n) is 3.35. The van der Waals surface area contributed by atoms with Gasteiger partial charge in [-0.3, -0.25) is 4.79 Å². The van der Waals surface area contributed by atoms with Gasteiger partial charge in [0.2, 0.25) is 10.8 Å². The van der Waals surface area contributed by atoms with Crippen molar-refractivity contribution in [2.75, 3.05) is 0 Å². The van der Waals surface area contributed by atoms with Gasteiger partial charge in [0.1, 0.15) is 16.5 Å². The quantitative estimate of drug-likeness (QED) is 0.643. The molecular weight excluding hydrogens is 323 g/mol. The fourth-order valence-corrected chi connectivity index (χ4v) is 3.35. The fraction of sp³-hybridized carbons (Fsp3) is 0.529. The Morgan fingerprint density at radius 1 is 1.60 bits per heavy atom. The molecule has 1 saturated heterocycles. The van der Waals surface area contributed by atoms with Crippen LogP contribution < -0.4 is 10.6 Å². The number of hydrogen-bond acceptors (Lipinski definition) is 5. The van der Waals surface area contributed by atoms with E-state index in [1.54, 1.807) is 32.9 Å². The molecule has 0 unspecified atom stereocenters. The number of benzene rings is 1. The van der Waals surface area contributed by atoms with Crippen LogP contribution in [0.4, 0.5) is 4.39 Å². The average Bonchev–Trinajstić information content (AvgIpc) is 2.94. The van der Waals surface area contributed by atoms with Crippen molar-refractivity contribution in [2.45, 2.75) is 51.4 Å². The van der Waals surface area contributed by atoms with E-state index in [1.165, 1.54) is 17.0 Å². The molecule has 132 valence electrons. The van der Waals surface area contributed by atoms with Gasteiger partial charge in [0.15, 0.2) is 6.04 Å². The highest BCUT2D eigenvalue weighted by atomic mass is 19.1. The number of amides is 1. The Morgan fingerprint density at radius 3 is 2.80 bits per heavy atom. The summed E-state index contributed by atoms with van der Waals surface area (Å²) in [5.74, 6) is -0.777. The average molecular weight is 345 g/mol. The summed E-state index contributed by atoms with van der Waals surface area (Å²) < 4.78 is 13.7. The van der Waals surface area contributed by atoms with Gasteiger partial charge in [-0.1, -0.05) is 12.1 Å². The minimum atomic E-state index is -0.859. The van der Waals surface area contributed by atoms with Crippen LogP contribution in [-0.2, 0) is 4.79 Å². The van der Waals surface area contributed by atoms with Crippen LogP contribution in [0.25, 0.3) is 0 Å². The van der Waals surface area contributed by atoms with Crippen molar-refractivity contribution >= 4 is 5.91 Å². The molecule has 0 aromatic heterocycles. The molecule has 1 amide bonds. The third-order valence-electron chi connectivity index (χ3n) is 4.63. The third kappa shape index (κ3) is 3.58. The normalized spacial score (nSPS) is 24.3. The molecule has 7 nitrogen and oxygen atoms in total. The Morgan fingerprint density at radius 2 is 2.28 bits per heavy atom. The van der Waals surface area contributed by atoms with E-state index in [0.717, 1.165) is 0 Å². The Balaban J connectivity index is 2.62. The van der Waals surface area contributed by atoms with Gasteiger partial charge in [-0.2, -0.15) is 5.26 Å². The van der Waals surface area contributed by atoms with Crippen LogP contribution >= 0.6 is 0 Å². The van der Waals surface area contributed by atoms with Crippen molar-refractivity contribution in [3.05, 3.63) is 35.6 Å². The number of halogens is 1. The minimum absolute atomic E-state index is 0.342. The van der Waals surface area contributed by atoms with E-state index in [-0.39, 0.29) is 5.91 Å². The maximum atomic E-state index is 13.7. The van der Waals surface area contributed by atoms with Crippen LogP contribution in [0.3, 0.4) is 0 Å². The largest absolute Gasteiger partial charge is 0.327 e. The maximum absolute atomic E-state index is 13.7. The first-order chi connectivity index (χ1) is 11.7. The molecule has 0 bridgehead atoms. The van der Waals surface area contributed by atoms with Crippen molar-refractivity contribution < 1.29 is 9.18 Å². The van der Waals surface area contributed by atoms with Crippen molar-refractivity contribution in [3.63, 3.8) is 0 Å². The zero-order chi connectivity index (χ0) is 18.8. The number of rotatable bonds is 4. The van der Waals surface area contributed by atoms with Gasteiger partial charge >= 0.3 is 0 Å². The molecule has 4 atom stereocenters. The summed E-state index contributed by atoms with van der Waals surface area (Å²) in [4.78, 5) is 17.5. The number of nitrogens with two attached hydrogens (primary N) is 1. The zero-order valence-electron chi connectivity index (χ0n) is 14.5. The van der Waals surface area contributed by atoms with Gasteiger partial charge in [0.05, 0.1) is 29.6 Å². The summed E-state index contributed by atoms with van der Waals surface area (Å²) in [5, 5.41) is 13.5. The second-order valence-corrected chi connectivity index (χ2v) is 6.90. The highest BCUT2D eigenvalue weighted by molar-refractivity contribution is 5.82. The van der Waals surface area contributed by atoms with Crippen molar-refractivity contribution in [3.8, 4) is 6.07 Å². The van der Waals surface area contributed by atoms with Crippen molar-refractivity contribution in [1.29, 1.82) is 10.8 Å². The molecule has 8 heteroatoms. The van der Waals surface area contributed by atoms with Crippen LogP contribution in [0, 0.1) is 28.1 Å². The number of nitrogens with one attached hydrogen (secondary N) is 1. The van der Waals surface area contributed by atoms with Crippen molar-refractivity contribution in [2.24, 2.45) is 16.3 Å². The first-order valence-electron chi connectivity index (χ1n) is 8.04. The van der Waals surface area contributed by atoms with E-state index < -0.39 is 35.4 Å². The molecular formula is C17H22FN6O+. The Kier molecular flexibility index (Phi) is 5.31. The highest BCUT2D eigenvalue weighted by Crippen LogP contribution is 2.44. The summed E-state index contributed by atoms with van der Waals surface area (Å²) in [6.07, 6.45) is 0.350. The molecule has 0 spiro atoms. The Labute approximate surface area is 145 Å². The highest BCUT2D eigenvalue weighted by Gasteiger charge is 2.52. The lowest BCUT2D eigenvalue weighted by atomic mass is 9.84. The van der Waals surface area contributed by atoms with Gasteiger partial charge < -0.3 is 10.6 Å². The summed E-state index contributed by atoms with van der Waals surface area (Å²) in [6, 6.07) is 5.71. The molecule has 0 aliphatic carbocycles. The van der Waals surface area contributed by atoms with Crippen LogP contribution in [0.1, 0.15) is 38.8 Å². The molecule has 3 N–H and O–H groups in total. The molecule has 1 aliphatic heterocycles. The Hall–Kier alpha value is -2.62. The second kappa shape index (κ2) is 7.09. The van der Waals surface area contributed by atoms with Gasteiger partial charge in [0.25, 0.3) is 0 Å². The standard InChI is InChI=1S/C17H22FN6O/c1-10(20)16(25)24-14(17(2,3)9-19)8-13(22-23-21)15(24)11-5-4-6-12(18)7-11/h4-7,10,13-15,21H,8,20H2,1-3H3/q+1/t10-,13+,14-,15-/m1/s1. The molecule has 0 radical (unpaired) electrons. The third-order valence-corrected chi connectivity index (χ3v) is 4.63. The second-order valence-electron chi connectivity index (χ2n) is 6.90. The molecule has 1 fully saturated rings. The predicted octanol–water partition coefficient (Wildman–Crippen LogP) is 2.28. The number of carbonyl (C=O) groups is 1. The van der Waals surface area contributed by atoms with E-state index in [0.29, 0.717) is 12.0 Å². The minimum Gasteiger partial charge on any atom is -0.327 e. The lowest BCUT2D eigenvalue weighted by Crippen LogP contribution is -2.50. The van der Waals surface area contributed by atoms with Gasteiger partial charge in [0, 0.05) is 6.42 Å². The first-order valence-corrected chi connectivity index (χ1v) is 8.04. The molecule has 1 heterocycles. The molecule has 2 rings (SSSR count). The number of likely N-dealkylation sites (tertiary alicyclic amines) is 1. The number of nitriles is 1. The lowest BCUT2D eigenvalue weighted by Gasteiger charge is -2.37. The summed E-state index contributed by atoms with van der Waals surface area (Å²) >= 11 is 0. The summed E-state index contributed by atoms with van der Waals surface area (Å²) in [6.45, 7) is 5.05. The molecule has 1 aromatic rings. The SMILES string of the molecule is C[C@@H](N)C(=O)N1[C@H](c2cccc(F)c2)[C@@H](N=[N+]=N)C[C@@H]1C(C)(C)C#N. The van der Waals surface area contributed by atoms with E-state index in [1.807, 2.05) is 0 Å². The molecule has 0 saturated carbocycles. The topological polar surface area (TPSA) is 120 Å². The van der Waals surface area contributed by atoms with Crippen LogP contribution in [0.5, 0.6) is 0 Å². The molecule has 1 aromatic carbocycles. The van der Waals surface area contributed by atoms with Crippen LogP contribution in [0.15, 0.2) is 29.4 Å². The number of nitrogens with zero attached hydrogens (tertiary/aromatic N) is 4. The van der Waals surface area contributed by atoms with E-state index in [9.17, 15) is 14.4 Å². The zero-order valence-corrected chi connectivity index (χ0v) is 14.5. The van der Waals surface area contributed by atoms with E-state index >= 15 is 0 Å². The van der Waals surface area contributed by atoms with Crippen molar-refractivity contribution in [1.82, 2.24) is 9.81 Å². The van der Waals surface area contributed by atoms with Gasteiger partial charge in [-0.05, 0) is 38.5 Å². The molecule has 1 aliphatic rings. The first kappa shape index (κ1) is 18.7. The molecule has 25 heavy (non-hydrogen) atoms. The Bertz CT molecular complexity index is 750. The maximum Gasteiger partial charge on any atom is 0.240 e. The number of hydrogen-bond donors (Lipinski definition) is 2. The smallest absolute Gasteiger partial charge is 0.240 e. The van der Waals surface area contributed by atoms with Crippen LogP contribution in [0.2, 0.25) is 0 Å². The summed E-state index contributed by atoms with van der Waals surface area (Å²) in [7, 11) is 0. The summed E-state index contributed by atoms with van der Waals surface area (Å²) in [5.41, 5.74) is 12.6. The monoisotopic (exact) mass is 345 g/mol. The van der Waals surface area contributed by atoms with Gasteiger partial charge in [-0.25, -0.2) is 4.39 Å². The van der Waals surface area contributed by atoms with Crippen LogP contribution in [-0.4, -0.2) is 28.9 Å².